The smallest absolute Gasteiger partial charge is 0.306 e. The Labute approximate surface area is 437 Å². The summed E-state index contributed by atoms with van der Waals surface area (Å²) in [7, 11) is 1.14. The average molecular weight is 1010 g/mol. The summed E-state index contributed by atoms with van der Waals surface area (Å²) in [4.78, 5) is 39.8. The molecule has 0 bridgehead atoms. The second kappa shape index (κ2) is 50.5. The van der Waals surface area contributed by atoms with Crippen molar-refractivity contribution in [2.75, 3.05) is 40.9 Å². The number of esters is 1. The van der Waals surface area contributed by atoms with Crippen molar-refractivity contribution >= 4 is 19.7 Å². The van der Waals surface area contributed by atoms with E-state index in [0.717, 1.165) is 103 Å². The van der Waals surface area contributed by atoms with E-state index < -0.39 is 26.6 Å². The van der Waals surface area contributed by atoms with Crippen LogP contribution < -0.4 is 10.2 Å². The Morgan fingerprint density at radius 2 is 0.901 bits per heavy atom. The fourth-order valence-electron chi connectivity index (χ4n) is 7.58. The molecule has 0 saturated carbocycles. The molecule has 71 heavy (non-hydrogen) atoms. The number of nitrogens with one attached hydrogen (secondary N) is 1. The number of phosphoric acid groups is 1. The summed E-state index contributed by atoms with van der Waals surface area (Å²) in [6.45, 7) is 6.64. The number of carbonyl (C=O) groups is 2. The number of phosphoric ester groups is 1. The summed E-state index contributed by atoms with van der Waals surface area (Å²) in [5.41, 5.74) is 0. The highest BCUT2D eigenvalue weighted by molar-refractivity contribution is 7.45. The van der Waals surface area contributed by atoms with E-state index in [1.807, 2.05) is 33.3 Å². The number of hydrogen-bond acceptors (Lipinski definition) is 7. The molecule has 0 aliphatic rings. The fourth-order valence-corrected chi connectivity index (χ4v) is 8.30. The minimum absolute atomic E-state index is 0.0373. The molecule has 1 N–H and O–H groups in total. The Morgan fingerprint density at radius 3 is 1.39 bits per heavy atom. The summed E-state index contributed by atoms with van der Waals surface area (Å²) in [5, 5.41) is 2.99. The first-order valence-electron chi connectivity index (χ1n) is 28.5. The maximum Gasteiger partial charge on any atom is 0.306 e. The molecule has 3 unspecified atom stereocenters. The van der Waals surface area contributed by atoms with E-state index in [1.165, 1.54) is 77.0 Å². The van der Waals surface area contributed by atoms with E-state index in [9.17, 15) is 19.0 Å². The van der Waals surface area contributed by atoms with E-state index in [-0.39, 0.29) is 31.3 Å². The van der Waals surface area contributed by atoms with Crippen LogP contribution in [0.4, 0.5) is 0 Å². The summed E-state index contributed by atoms with van der Waals surface area (Å²) in [6.07, 6.45) is 66.6. The number of quaternary nitrogens is 1. The quantitative estimate of drug-likeness (QED) is 0.0212. The molecule has 0 aromatic rings. The Morgan fingerprint density at radius 1 is 0.507 bits per heavy atom. The summed E-state index contributed by atoms with van der Waals surface area (Å²) >= 11 is 0. The normalized spacial score (nSPS) is 14.5. The predicted molar refractivity (Wildman–Crippen MR) is 302 cm³/mol. The van der Waals surface area contributed by atoms with Crippen LogP contribution in [-0.4, -0.2) is 69.4 Å². The molecule has 0 aromatic heterocycles. The van der Waals surface area contributed by atoms with Crippen LogP contribution in [-0.2, 0) is 27.9 Å². The fraction of sp³-hybridized carbons (Fsp3) is 0.705. The Bertz CT molecular complexity index is 1540. The number of likely N-dealkylation sites (N-methyl/N-ethyl adjacent to an activating group) is 1. The van der Waals surface area contributed by atoms with E-state index in [4.69, 9.17) is 13.8 Å². The van der Waals surface area contributed by atoms with Gasteiger partial charge in [0.05, 0.1) is 33.8 Å². The van der Waals surface area contributed by atoms with Crippen molar-refractivity contribution in [1.29, 1.82) is 0 Å². The maximum atomic E-state index is 13.5. The number of amides is 1. The summed E-state index contributed by atoms with van der Waals surface area (Å²) in [5.74, 6) is -0.610. The SMILES string of the molecule is CC/C=C/C/C=C/C/C=C/CCCCCCC(=O)OC(/C=C\CCCCCCCCCCCC)C(COP(=O)([O-])OCC[N+](C)(C)C)NC(=O)CCCCC/C=C\C/C=C\C/C=C\C/C=C\CCCCC. The zero-order valence-corrected chi connectivity index (χ0v) is 47.3. The number of hydrogen-bond donors (Lipinski definition) is 1. The molecule has 408 valence electrons. The Hall–Kier alpha value is -3.07. The van der Waals surface area contributed by atoms with Crippen LogP contribution in [0.15, 0.2) is 97.2 Å². The molecule has 10 heteroatoms. The molecular formula is C61H107N2O7P. The van der Waals surface area contributed by atoms with Gasteiger partial charge in [0, 0.05) is 12.8 Å². The molecular weight excluding hydrogens is 904 g/mol. The van der Waals surface area contributed by atoms with Gasteiger partial charge in [0.15, 0.2) is 0 Å². The van der Waals surface area contributed by atoms with Crippen molar-refractivity contribution in [2.24, 2.45) is 0 Å². The van der Waals surface area contributed by atoms with Crippen LogP contribution in [0.5, 0.6) is 0 Å². The average Bonchev–Trinajstić information content (AvgIpc) is 3.33. The first-order chi connectivity index (χ1) is 34.4. The lowest BCUT2D eigenvalue weighted by Gasteiger charge is -2.30. The topological polar surface area (TPSA) is 114 Å². The second-order valence-electron chi connectivity index (χ2n) is 20.1. The summed E-state index contributed by atoms with van der Waals surface area (Å²) in [6, 6.07) is -0.919. The largest absolute Gasteiger partial charge is 0.756 e. The van der Waals surface area contributed by atoms with Gasteiger partial charge in [0.25, 0.3) is 7.82 Å². The van der Waals surface area contributed by atoms with Crippen molar-refractivity contribution < 1.29 is 37.3 Å². The monoisotopic (exact) mass is 1010 g/mol. The van der Waals surface area contributed by atoms with Gasteiger partial charge in [0.2, 0.25) is 5.91 Å². The molecule has 0 radical (unpaired) electrons. The van der Waals surface area contributed by atoms with Crippen LogP contribution in [0.3, 0.4) is 0 Å². The molecule has 9 nitrogen and oxygen atoms in total. The van der Waals surface area contributed by atoms with Crippen LogP contribution in [0, 0.1) is 0 Å². The van der Waals surface area contributed by atoms with E-state index in [0.29, 0.717) is 23.9 Å². The zero-order valence-electron chi connectivity index (χ0n) is 46.4. The number of carbonyl (C=O) groups excluding carboxylic acids is 2. The summed E-state index contributed by atoms with van der Waals surface area (Å²) < 4.78 is 30.2. The number of allylic oxidation sites excluding steroid dienone is 15. The Balaban J connectivity index is 5.44. The third kappa shape index (κ3) is 51.6. The van der Waals surface area contributed by atoms with Gasteiger partial charge in [-0.25, -0.2) is 0 Å². The van der Waals surface area contributed by atoms with Gasteiger partial charge in [0.1, 0.15) is 19.3 Å². The minimum Gasteiger partial charge on any atom is -0.756 e. The van der Waals surface area contributed by atoms with Crippen LogP contribution in [0.2, 0.25) is 0 Å². The van der Waals surface area contributed by atoms with Gasteiger partial charge >= 0.3 is 5.97 Å². The third-order valence-electron chi connectivity index (χ3n) is 12.0. The molecule has 0 heterocycles. The van der Waals surface area contributed by atoms with Crippen molar-refractivity contribution in [3.05, 3.63) is 97.2 Å². The number of unbranched alkanes of at least 4 members (excludes halogenated alkanes) is 20. The molecule has 0 fully saturated rings. The maximum absolute atomic E-state index is 13.5. The third-order valence-corrected chi connectivity index (χ3v) is 13.0. The van der Waals surface area contributed by atoms with Crippen LogP contribution in [0.1, 0.15) is 226 Å². The van der Waals surface area contributed by atoms with Gasteiger partial charge in [-0.1, -0.05) is 202 Å². The number of ether oxygens (including phenoxy) is 1. The second-order valence-corrected chi connectivity index (χ2v) is 21.5. The lowest BCUT2D eigenvalue weighted by atomic mass is 10.1. The van der Waals surface area contributed by atoms with Crippen LogP contribution >= 0.6 is 7.82 Å². The standard InChI is InChI=1S/C61H107N2O7P/c1-7-10-13-16-19-22-25-28-30-31-32-33-34-35-38-41-44-47-50-53-60(64)62-58(57-69-71(66,67)68-56-55-63(4,5)6)59(52-49-46-43-40-37-27-24-21-18-15-12-9-3)70-61(65)54-51-48-45-42-39-36-29-26-23-20-17-14-11-8-2/h11,14,19-20,22-23,28-30,32-33,35-36,38,49,52,58-59H,7-10,12-13,15-18,21,24-27,31,34,37,39-48,50-51,53-57H2,1-6H3,(H-,62,64,66,67)/b14-11+,22-19-,23-20+,30-28-,33-32-,36-29+,38-35-,52-49-. The van der Waals surface area contributed by atoms with Crippen LogP contribution in [0.25, 0.3) is 0 Å². The molecule has 0 spiro atoms. The predicted octanol–water partition coefficient (Wildman–Crippen LogP) is 16.6. The van der Waals surface area contributed by atoms with E-state index in [2.05, 4.69) is 111 Å². The number of nitrogens with zero attached hydrogens (tertiary/aromatic N) is 1. The molecule has 0 aliphatic carbocycles. The number of rotatable bonds is 50. The van der Waals surface area contributed by atoms with Crippen molar-refractivity contribution in [3.8, 4) is 0 Å². The van der Waals surface area contributed by atoms with E-state index in [1.54, 1.807) is 0 Å². The van der Waals surface area contributed by atoms with Crippen molar-refractivity contribution in [3.63, 3.8) is 0 Å². The lowest BCUT2D eigenvalue weighted by molar-refractivity contribution is -0.870. The minimum atomic E-state index is -4.71. The molecule has 3 atom stereocenters. The highest BCUT2D eigenvalue weighted by Crippen LogP contribution is 2.38. The highest BCUT2D eigenvalue weighted by atomic mass is 31.2. The van der Waals surface area contributed by atoms with Gasteiger partial charge in [-0.3, -0.25) is 14.2 Å². The first-order valence-corrected chi connectivity index (χ1v) is 30.0. The molecule has 0 aromatic carbocycles. The molecule has 0 aliphatic heterocycles. The molecule has 0 rings (SSSR count). The van der Waals surface area contributed by atoms with E-state index >= 15 is 0 Å². The van der Waals surface area contributed by atoms with Gasteiger partial charge in [-0.2, -0.15) is 0 Å². The van der Waals surface area contributed by atoms with Crippen molar-refractivity contribution in [2.45, 2.75) is 238 Å². The van der Waals surface area contributed by atoms with Crippen molar-refractivity contribution in [1.82, 2.24) is 5.32 Å². The van der Waals surface area contributed by atoms with Gasteiger partial charge in [-0.05, 0) is 109 Å². The first kappa shape index (κ1) is 67.9. The van der Waals surface area contributed by atoms with Gasteiger partial charge < -0.3 is 28.5 Å². The molecule has 0 saturated heterocycles. The lowest BCUT2D eigenvalue weighted by Crippen LogP contribution is -2.47. The van der Waals surface area contributed by atoms with Gasteiger partial charge in [-0.15, -0.1) is 0 Å². The Kier molecular flexibility index (Phi) is 48.3. The zero-order chi connectivity index (χ0) is 52.2. The highest BCUT2D eigenvalue weighted by Gasteiger charge is 2.27. The molecule has 1 amide bonds.